The standard InChI is InChI=1S/C11H13Cl2NO2/c1-11(2,3)10(15)16-14-7-4-5-8(12)9(13)6-7/h4-6,14H,1-3H3. The molecule has 0 atom stereocenters. The first kappa shape index (κ1) is 13.1. The Kier molecular flexibility index (Phi) is 4.05. The van der Waals surface area contributed by atoms with E-state index in [1.165, 1.54) is 0 Å². The van der Waals surface area contributed by atoms with Gasteiger partial charge in [0.15, 0.2) is 0 Å². The van der Waals surface area contributed by atoms with E-state index in [9.17, 15) is 4.79 Å². The molecule has 0 unspecified atom stereocenters. The molecule has 1 N–H and O–H groups in total. The van der Waals surface area contributed by atoms with Crippen LogP contribution < -0.4 is 5.48 Å². The van der Waals surface area contributed by atoms with Gasteiger partial charge in [-0.3, -0.25) is 0 Å². The highest BCUT2D eigenvalue weighted by atomic mass is 35.5. The van der Waals surface area contributed by atoms with Crippen LogP contribution in [0.1, 0.15) is 20.8 Å². The Bertz CT molecular complexity index is 399. The normalized spacial score (nSPS) is 11.1. The zero-order valence-corrected chi connectivity index (χ0v) is 10.8. The molecule has 0 aromatic heterocycles. The van der Waals surface area contributed by atoms with Crippen LogP contribution in [-0.4, -0.2) is 5.97 Å². The minimum atomic E-state index is -0.552. The van der Waals surface area contributed by atoms with Crippen LogP contribution >= 0.6 is 23.2 Å². The van der Waals surface area contributed by atoms with E-state index < -0.39 is 5.41 Å². The van der Waals surface area contributed by atoms with Gasteiger partial charge in [0.05, 0.1) is 21.1 Å². The first-order valence-corrected chi connectivity index (χ1v) is 5.48. The van der Waals surface area contributed by atoms with Crippen molar-refractivity contribution in [1.29, 1.82) is 0 Å². The van der Waals surface area contributed by atoms with Crippen molar-refractivity contribution in [3.05, 3.63) is 28.2 Å². The molecule has 0 saturated heterocycles. The van der Waals surface area contributed by atoms with Gasteiger partial charge in [-0.15, -0.1) is 0 Å². The minimum Gasteiger partial charge on any atom is -0.343 e. The Morgan fingerprint density at radius 1 is 1.25 bits per heavy atom. The molecule has 16 heavy (non-hydrogen) atoms. The predicted molar refractivity (Wildman–Crippen MR) is 65.6 cm³/mol. The summed E-state index contributed by atoms with van der Waals surface area (Å²) in [5.74, 6) is -0.349. The maximum absolute atomic E-state index is 11.4. The van der Waals surface area contributed by atoms with E-state index in [4.69, 9.17) is 28.0 Å². The maximum atomic E-state index is 11.4. The molecule has 1 rings (SSSR count). The molecule has 0 amide bonds. The van der Waals surface area contributed by atoms with E-state index >= 15 is 0 Å². The summed E-state index contributed by atoms with van der Waals surface area (Å²) in [5, 5.41) is 0.854. The fourth-order valence-corrected chi connectivity index (χ4v) is 1.12. The van der Waals surface area contributed by atoms with Crippen molar-refractivity contribution in [1.82, 2.24) is 0 Å². The smallest absolute Gasteiger partial charge is 0.337 e. The van der Waals surface area contributed by atoms with E-state index in [0.29, 0.717) is 15.7 Å². The molecule has 0 aliphatic rings. The molecular weight excluding hydrogens is 249 g/mol. The van der Waals surface area contributed by atoms with Crippen molar-refractivity contribution < 1.29 is 9.63 Å². The molecule has 0 radical (unpaired) electrons. The molecule has 1 aromatic carbocycles. The molecule has 0 aliphatic heterocycles. The highest BCUT2D eigenvalue weighted by Crippen LogP contribution is 2.25. The van der Waals surface area contributed by atoms with Crippen molar-refractivity contribution >= 4 is 34.9 Å². The fourth-order valence-electron chi connectivity index (χ4n) is 0.818. The topological polar surface area (TPSA) is 38.3 Å². The zero-order valence-electron chi connectivity index (χ0n) is 9.30. The molecule has 5 heteroatoms. The van der Waals surface area contributed by atoms with Crippen LogP contribution in [0.5, 0.6) is 0 Å². The predicted octanol–water partition coefficient (Wildman–Crippen LogP) is 3.91. The number of nitrogens with one attached hydrogen (secondary N) is 1. The number of halogens is 2. The highest BCUT2D eigenvalue weighted by molar-refractivity contribution is 6.42. The number of carbonyl (C=O) groups excluding carboxylic acids is 1. The van der Waals surface area contributed by atoms with Gasteiger partial charge in [0.1, 0.15) is 0 Å². The van der Waals surface area contributed by atoms with Crippen molar-refractivity contribution in [2.75, 3.05) is 5.48 Å². The summed E-state index contributed by atoms with van der Waals surface area (Å²) < 4.78 is 0. The van der Waals surface area contributed by atoms with Crippen LogP contribution in [0.15, 0.2) is 18.2 Å². The van der Waals surface area contributed by atoms with Crippen LogP contribution in [0.3, 0.4) is 0 Å². The number of benzene rings is 1. The van der Waals surface area contributed by atoms with E-state index in [1.54, 1.807) is 39.0 Å². The Morgan fingerprint density at radius 2 is 1.88 bits per heavy atom. The van der Waals surface area contributed by atoms with E-state index in [0.717, 1.165) is 0 Å². The molecule has 3 nitrogen and oxygen atoms in total. The second-order valence-corrected chi connectivity index (χ2v) is 5.18. The van der Waals surface area contributed by atoms with Gasteiger partial charge < -0.3 is 4.84 Å². The van der Waals surface area contributed by atoms with Gasteiger partial charge in [0.25, 0.3) is 0 Å². The summed E-state index contributed by atoms with van der Waals surface area (Å²) in [6, 6.07) is 4.88. The van der Waals surface area contributed by atoms with Crippen LogP contribution in [0.4, 0.5) is 5.69 Å². The molecule has 0 spiro atoms. The SMILES string of the molecule is CC(C)(C)C(=O)ONc1ccc(Cl)c(Cl)c1. The summed E-state index contributed by atoms with van der Waals surface area (Å²) in [5.41, 5.74) is 2.55. The molecule has 0 saturated carbocycles. The molecule has 0 aliphatic carbocycles. The quantitative estimate of drug-likeness (QED) is 0.821. The summed E-state index contributed by atoms with van der Waals surface area (Å²) in [6.07, 6.45) is 0. The number of carbonyl (C=O) groups is 1. The summed E-state index contributed by atoms with van der Waals surface area (Å²) in [4.78, 5) is 16.3. The molecule has 0 bridgehead atoms. The second kappa shape index (κ2) is 4.93. The Labute approximate surface area is 105 Å². The van der Waals surface area contributed by atoms with Gasteiger partial charge in [-0.05, 0) is 39.0 Å². The average molecular weight is 262 g/mol. The fraction of sp³-hybridized carbons (Fsp3) is 0.364. The zero-order chi connectivity index (χ0) is 12.3. The average Bonchev–Trinajstić information content (AvgIpc) is 2.18. The number of anilines is 1. The van der Waals surface area contributed by atoms with Crippen LogP contribution in [0, 0.1) is 5.41 Å². The number of hydrogen-bond donors (Lipinski definition) is 1. The Hall–Kier alpha value is -0.930. The third-order valence-electron chi connectivity index (χ3n) is 1.79. The molecule has 1 aromatic rings. The van der Waals surface area contributed by atoms with E-state index in [1.807, 2.05) is 0 Å². The first-order valence-electron chi connectivity index (χ1n) is 4.73. The number of rotatable bonds is 2. The van der Waals surface area contributed by atoms with Gasteiger partial charge >= 0.3 is 5.97 Å². The molecular formula is C11H13Cl2NO2. The van der Waals surface area contributed by atoms with E-state index in [-0.39, 0.29) is 5.97 Å². The van der Waals surface area contributed by atoms with Crippen molar-refractivity contribution in [3.63, 3.8) is 0 Å². The first-order chi connectivity index (χ1) is 7.30. The van der Waals surface area contributed by atoms with Crippen LogP contribution in [0.2, 0.25) is 10.0 Å². The van der Waals surface area contributed by atoms with Crippen LogP contribution in [-0.2, 0) is 9.63 Å². The van der Waals surface area contributed by atoms with E-state index in [2.05, 4.69) is 5.48 Å². The molecule has 0 fully saturated rings. The Morgan fingerprint density at radius 3 is 2.38 bits per heavy atom. The highest BCUT2D eigenvalue weighted by Gasteiger charge is 2.23. The van der Waals surface area contributed by atoms with Gasteiger partial charge in [-0.1, -0.05) is 23.2 Å². The lowest BCUT2D eigenvalue weighted by atomic mass is 9.98. The lowest BCUT2D eigenvalue weighted by molar-refractivity contribution is -0.149. The number of hydrogen-bond acceptors (Lipinski definition) is 3. The minimum absolute atomic E-state index is 0.349. The lowest BCUT2D eigenvalue weighted by Crippen LogP contribution is -2.25. The third-order valence-corrected chi connectivity index (χ3v) is 2.53. The monoisotopic (exact) mass is 261 g/mol. The van der Waals surface area contributed by atoms with Gasteiger partial charge in [-0.2, -0.15) is 0 Å². The van der Waals surface area contributed by atoms with Crippen molar-refractivity contribution in [2.24, 2.45) is 5.41 Å². The van der Waals surface area contributed by atoms with Gasteiger partial charge in [0.2, 0.25) is 0 Å². The van der Waals surface area contributed by atoms with Gasteiger partial charge in [-0.25, -0.2) is 10.3 Å². The molecule has 0 heterocycles. The van der Waals surface area contributed by atoms with Crippen molar-refractivity contribution in [2.45, 2.75) is 20.8 Å². The largest absolute Gasteiger partial charge is 0.343 e. The Balaban J connectivity index is 2.62. The second-order valence-electron chi connectivity index (χ2n) is 4.37. The lowest BCUT2D eigenvalue weighted by Gasteiger charge is -2.16. The maximum Gasteiger partial charge on any atom is 0.337 e. The van der Waals surface area contributed by atoms with Crippen LogP contribution in [0.25, 0.3) is 0 Å². The summed E-state index contributed by atoms with van der Waals surface area (Å²) in [7, 11) is 0. The molecule has 88 valence electrons. The van der Waals surface area contributed by atoms with Gasteiger partial charge in [0, 0.05) is 0 Å². The summed E-state index contributed by atoms with van der Waals surface area (Å²) >= 11 is 11.6. The van der Waals surface area contributed by atoms with Crippen molar-refractivity contribution in [3.8, 4) is 0 Å². The third kappa shape index (κ3) is 3.58. The summed E-state index contributed by atoms with van der Waals surface area (Å²) in [6.45, 7) is 5.31.